The molecular weight excluding hydrogens is 274 g/mol. The fraction of sp³-hybridized carbons (Fsp3) is 0.533. The normalized spacial score (nSPS) is 10.8. The van der Waals surface area contributed by atoms with Gasteiger partial charge in [0.05, 0.1) is 7.11 Å². The minimum atomic E-state index is -0.947. The summed E-state index contributed by atoms with van der Waals surface area (Å²) in [5.41, 5.74) is 1.25. The van der Waals surface area contributed by atoms with Crippen LogP contribution in [0.15, 0.2) is 18.2 Å². The van der Waals surface area contributed by atoms with E-state index >= 15 is 0 Å². The molecule has 0 saturated heterocycles. The number of carbonyl (C=O) groups is 1. The average molecular weight is 297 g/mol. The third-order valence-electron chi connectivity index (χ3n) is 3.21. The summed E-state index contributed by atoms with van der Waals surface area (Å²) in [6, 6.07) is 5.35. The van der Waals surface area contributed by atoms with Gasteiger partial charge in [-0.05, 0) is 30.8 Å². The molecule has 4 nitrogen and oxygen atoms in total. The number of aromatic carboxylic acids is 1. The van der Waals surface area contributed by atoms with E-state index in [9.17, 15) is 4.79 Å². The molecule has 0 aliphatic heterocycles. The van der Waals surface area contributed by atoms with Gasteiger partial charge in [0.1, 0.15) is 11.3 Å². The first kappa shape index (κ1) is 16.9. The van der Waals surface area contributed by atoms with Crippen LogP contribution >= 0.6 is 11.8 Å². The first-order valence-corrected chi connectivity index (χ1v) is 7.98. The molecule has 0 aliphatic carbocycles. The van der Waals surface area contributed by atoms with E-state index in [1.165, 1.54) is 7.11 Å². The van der Waals surface area contributed by atoms with Crippen molar-refractivity contribution in [2.75, 3.05) is 32.5 Å². The standard InChI is InChI=1S/C15H23NO3S/c1-4-16(5-2)8-9-20-11-12-6-7-14(19-3)13(10-12)15(17)18/h6-7,10H,4-5,8-9,11H2,1-3H3,(H,17,18). The molecule has 112 valence electrons. The van der Waals surface area contributed by atoms with Gasteiger partial charge in [-0.1, -0.05) is 19.9 Å². The number of methoxy groups -OCH3 is 1. The summed E-state index contributed by atoms with van der Waals surface area (Å²) in [7, 11) is 1.49. The highest BCUT2D eigenvalue weighted by molar-refractivity contribution is 7.98. The van der Waals surface area contributed by atoms with Gasteiger partial charge < -0.3 is 14.7 Å². The number of hydrogen-bond donors (Lipinski definition) is 1. The summed E-state index contributed by atoms with van der Waals surface area (Å²) in [4.78, 5) is 13.5. The lowest BCUT2D eigenvalue weighted by Gasteiger charge is -2.17. The third kappa shape index (κ3) is 5.06. The molecule has 0 radical (unpaired) electrons. The van der Waals surface area contributed by atoms with Crippen molar-refractivity contribution in [1.29, 1.82) is 0 Å². The molecule has 1 aromatic rings. The summed E-state index contributed by atoms with van der Waals surface area (Å²) in [6.45, 7) is 7.54. The Balaban J connectivity index is 2.52. The fourth-order valence-corrected chi connectivity index (χ4v) is 2.88. The second-order valence-corrected chi connectivity index (χ2v) is 5.52. The monoisotopic (exact) mass is 297 g/mol. The van der Waals surface area contributed by atoms with Gasteiger partial charge in [0.15, 0.2) is 0 Å². The van der Waals surface area contributed by atoms with Crippen molar-refractivity contribution < 1.29 is 14.6 Å². The summed E-state index contributed by atoms with van der Waals surface area (Å²) < 4.78 is 5.05. The van der Waals surface area contributed by atoms with Crippen molar-refractivity contribution in [3.8, 4) is 5.75 Å². The van der Waals surface area contributed by atoms with E-state index in [1.807, 2.05) is 17.8 Å². The lowest BCUT2D eigenvalue weighted by molar-refractivity contribution is 0.0693. The van der Waals surface area contributed by atoms with Crippen LogP contribution in [0.4, 0.5) is 0 Å². The Hall–Kier alpha value is -1.20. The molecule has 1 aromatic carbocycles. The van der Waals surface area contributed by atoms with E-state index in [0.29, 0.717) is 5.75 Å². The minimum absolute atomic E-state index is 0.231. The number of nitrogens with zero attached hydrogens (tertiary/aromatic N) is 1. The predicted octanol–water partition coefficient (Wildman–Crippen LogP) is 2.97. The van der Waals surface area contributed by atoms with Crippen molar-refractivity contribution >= 4 is 17.7 Å². The largest absolute Gasteiger partial charge is 0.496 e. The number of rotatable bonds is 9. The molecule has 0 unspecified atom stereocenters. The van der Waals surface area contributed by atoms with E-state index in [0.717, 1.165) is 36.7 Å². The fourth-order valence-electron chi connectivity index (χ4n) is 1.94. The van der Waals surface area contributed by atoms with Gasteiger partial charge in [0.25, 0.3) is 0 Å². The molecule has 0 aromatic heterocycles. The highest BCUT2D eigenvalue weighted by Gasteiger charge is 2.11. The lowest BCUT2D eigenvalue weighted by atomic mass is 10.1. The molecule has 0 heterocycles. The highest BCUT2D eigenvalue weighted by atomic mass is 32.2. The van der Waals surface area contributed by atoms with Crippen molar-refractivity contribution in [2.45, 2.75) is 19.6 Å². The number of thioether (sulfide) groups is 1. The third-order valence-corrected chi connectivity index (χ3v) is 4.22. The zero-order chi connectivity index (χ0) is 15.0. The van der Waals surface area contributed by atoms with Crippen LogP contribution in [-0.2, 0) is 5.75 Å². The van der Waals surface area contributed by atoms with Crippen LogP contribution in [0.3, 0.4) is 0 Å². The molecule has 1 rings (SSSR count). The zero-order valence-corrected chi connectivity index (χ0v) is 13.2. The zero-order valence-electron chi connectivity index (χ0n) is 12.4. The molecular formula is C15H23NO3S. The lowest BCUT2D eigenvalue weighted by Crippen LogP contribution is -2.25. The van der Waals surface area contributed by atoms with Gasteiger partial charge in [0.2, 0.25) is 0 Å². The molecule has 0 bridgehead atoms. The van der Waals surface area contributed by atoms with Crippen molar-refractivity contribution in [3.63, 3.8) is 0 Å². The maximum Gasteiger partial charge on any atom is 0.339 e. The molecule has 5 heteroatoms. The maximum absolute atomic E-state index is 11.1. The first-order chi connectivity index (χ1) is 9.62. The van der Waals surface area contributed by atoms with Crippen LogP contribution in [0.5, 0.6) is 5.75 Å². The minimum Gasteiger partial charge on any atom is -0.496 e. The molecule has 0 atom stereocenters. The highest BCUT2D eigenvalue weighted by Crippen LogP contribution is 2.22. The Labute approximate surface area is 125 Å². The second kappa shape index (κ2) is 8.87. The van der Waals surface area contributed by atoms with Crippen molar-refractivity contribution in [1.82, 2.24) is 4.90 Å². The number of ether oxygens (including phenoxy) is 1. The number of hydrogen-bond acceptors (Lipinski definition) is 4. The van der Waals surface area contributed by atoms with Gasteiger partial charge >= 0.3 is 5.97 Å². The van der Waals surface area contributed by atoms with Gasteiger partial charge in [-0.25, -0.2) is 4.79 Å². The summed E-state index contributed by atoms with van der Waals surface area (Å²) in [5, 5.41) is 9.14. The van der Waals surface area contributed by atoms with Crippen molar-refractivity contribution in [3.05, 3.63) is 29.3 Å². The maximum atomic E-state index is 11.1. The van der Waals surface area contributed by atoms with E-state index < -0.39 is 5.97 Å². The quantitative estimate of drug-likeness (QED) is 0.710. The summed E-state index contributed by atoms with van der Waals surface area (Å²) >= 11 is 1.82. The Kier molecular flexibility index (Phi) is 7.47. The van der Waals surface area contributed by atoms with Crippen LogP contribution in [0.1, 0.15) is 29.8 Å². The number of carboxylic acid groups (broad SMARTS) is 1. The summed E-state index contributed by atoms with van der Waals surface area (Å²) in [6.07, 6.45) is 0. The SMILES string of the molecule is CCN(CC)CCSCc1ccc(OC)c(C(=O)O)c1. The van der Waals surface area contributed by atoms with Gasteiger partial charge in [-0.2, -0.15) is 11.8 Å². The second-order valence-electron chi connectivity index (χ2n) is 4.42. The van der Waals surface area contributed by atoms with E-state index in [-0.39, 0.29) is 5.56 Å². The van der Waals surface area contributed by atoms with Crippen LogP contribution in [0, 0.1) is 0 Å². The smallest absolute Gasteiger partial charge is 0.339 e. The van der Waals surface area contributed by atoms with Gasteiger partial charge in [-0.3, -0.25) is 0 Å². The molecule has 0 spiro atoms. The Morgan fingerprint density at radius 2 is 2.05 bits per heavy atom. The van der Waals surface area contributed by atoms with Crippen LogP contribution < -0.4 is 4.74 Å². The summed E-state index contributed by atoms with van der Waals surface area (Å²) in [5.74, 6) is 1.34. The predicted molar refractivity (Wildman–Crippen MR) is 83.9 cm³/mol. The van der Waals surface area contributed by atoms with Crippen molar-refractivity contribution in [2.24, 2.45) is 0 Å². The van der Waals surface area contributed by atoms with Gasteiger partial charge in [0, 0.05) is 18.1 Å². The molecule has 1 N–H and O–H groups in total. The van der Waals surface area contributed by atoms with Crippen LogP contribution in [0.2, 0.25) is 0 Å². The Morgan fingerprint density at radius 1 is 1.35 bits per heavy atom. The van der Waals surface area contributed by atoms with Crippen LogP contribution in [-0.4, -0.2) is 48.5 Å². The number of carboxylic acids is 1. The molecule has 0 fully saturated rings. The first-order valence-electron chi connectivity index (χ1n) is 6.82. The van der Waals surface area contributed by atoms with Gasteiger partial charge in [-0.15, -0.1) is 0 Å². The van der Waals surface area contributed by atoms with E-state index in [1.54, 1.807) is 12.1 Å². The number of benzene rings is 1. The molecule has 0 aliphatic rings. The van der Waals surface area contributed by atoms with E-state index in [4.69, 9.17) is 9.84 Å². The van der Waals surface area contributed by atoms with Crippen LogP contribution in [0.25, 0.3) is 0 Å². The topological polar surface area (TPSA) is 49.8 Å². The Bertz CT molecular complexity index is 433. The van der Waals surface area contributed by atoms with E-state index in [2.05, 4.69) is 18.7 Å². The molecule has 0 amide bonds. The molecule has 20 heavy (non-hydrogen) atoms. The average Bonchev–Trinajstić information content (AvgIpc) is 2.47. The molecule has 0 saturated carbocycles. The Morgan fingerprint density at radius 3 is 2.60 bits per heavy atom.